The van der Waals surface area contributed by atoms with Gasteiger partial charge in [0.15, 0.2) is 0 Å². The molecule has 1 aliphatic rings. The van der Waals surface area contributed by atoms with E-state index in [1.54, 1.807) is 0 Å². The van der Waals surface area contributed by atoms with Gasteiger partial charge in [0.05, 0.1) is 0 Å². The van der Waals surface area contributed by atoms with Crippen LogP contribution in [0.4, 0.5) is 0 Å². The number of rotatable bonds is 2. The monoisotopic (exact) mass is 164 g/mol. The van der Waals surface area contributed by atoms with Crippen LogP contribution in [0.3, 0.4) is 0 Å². The molecule has 0 saturated carbocycles. The van der Waals surface area contributed by atoms with E-state index in [1.165, 1.54) is 25.9 Å². The van der Waals surface area contributed by atoms with Gasteiger partial charge in [-0.05, 0) is 33.5 Å². The summed E-state index contributed by atoms with van der Waals surface area (Å²) in [7, 11) is 4.25. The quantitative estimate of drug-likeness (QED) is 0.647. The van der Waals surface area contributed by atoms with Crippen LogP contribution in [0.25, 0.3) is 0 Å². The highest BCUT2D eigenvalue weighted by Gasteiger charge is 2.13. The molecule has 1 rings (SSSR count). The van der Waals surface area contributed by atoms with Crippen LogP contribution in [0.15, 0.2) is 0 Å². The highest BCUT2D eigenvalue weighted by molar-refractivity contribution is 5.85. The fraction of sp³-hybridized carbons (Fsp3) is 1.00. The molecule has 1 aliphatic heterocycles. The van der Waals surface area contributed by atoms with Crippen molar-refractivity contribution in [1.82, 2.24) is 10.2 Å². The molecule has 1 fully saturated rings. The number of nitrogens with one attached hydrogen (secondary N) is 1. The lowest BCUT2D eigenvalue weighted by Gasteiger charge is -2.15. The molecule has 0 radical (unpaired) electrons. The first-order valence-electron chi connectivity index (χ1n) is 3.67. The normalized spacial score (nSPS) is 24.9. The molecule has 0 aromatic rings. The third-order valence-electron chi connectivity index (χ3n) is 1.75. The molecule has 3 heteroatoms. The zero-order valence-corrected chi connectivity index (χ0v) is 7.58. The van der Waals surface area contributed by atoms with Gasteiger partial charge in [-0.3, -0.25) is 0 Å². The van der Waals surface area contributed by atoms with Crippen LogP contribution in [0.2, 0.25) is 0 Å². The Morgan fingerprint density at radius 2 is 2.20 bits per heavy atom. The minimum Gasteiger partial charge on any atom is -0.313 e. The van der Waals surface area contributed by atoms with Crippen molar-refractivity contribution in [2.24, 2.45) is 0 Å². The Balaban J connectivity index is 0.000000810. The van der Waals surface area contributed by atoms with Gasteiger partial charge >= 0.3 is 0 Å². The van der Waals surface area contributed by atoms with Gasteiger partial charge in [0, 0.05) is 12.6 Å². The Labute approximate surface area is 69.4 Å². The maximum absolute atomic E-state index is 3.45. The van der Waals surface area contributed by atoms with Crippen LogP contribution in [0.5, 0.6) is 0 Å². The summed E-state index contributed by atoms with van der Waals surface area (Å²) in [5.74, 6) is 0. The largest absolute Gasteiger partial charge is 0.313 e. The van der Waals surface area contributed by atoms with Gasteiger partial charge < -0.3 is 10.2 Å². The summed E-state index contributed by atoms with van der Waals surface area (Å²) in [5, 5.41) is 3.45. The van der Waals surface area contributed by atoms with Crippen molar-refractivity contribution >= 4 is 12.4 Å². The lowest BCUT2D eigenvalue weighted by Crippen LogP contribution is -2.33. The molecule has 0 spiro atoms. The first-order chi connectivity index (χ1) is 4.29. The van der Waals surface area contributed by atoms with Crippen LogP contribution in [0.1, 0.15) is 12.8 Å². The molecule has 0 aromatic carbocycles. The lowest BCUT2D eigenvalue weighted by molar-refractivity contribution is 0.357. The number of hydrogen-bond acceptors (Lipinski definition) is 2. The van der Waals surface area contributed by atoms with Crippen LogP contribution < -0.4 is 5.32 Å². The van der Waals surface area contributed by atoms with Crippen molar-refractivity contribution in [2.45, 2.75) is 18.9 Å². The SMILES string of the molecule is CN(C)C[C@@H]1CCCN1.Cl. The molecule has 1 N–H and O–H groups in total. The van der Waals surface area contributed by atoms with E-state index in [9.17, 15) is 0 Å². The van der Waals surface area contributed by atoms with Crippen molar-refractivity contribution in [3.63, 3.8) is 0 Å². The third-order valence-corrected chi connectivity index (χ3v) is 1.75. The average Bonchev–Trinajstić information content (AvgIpc) is 2.15. The molecular weight excluding hydrogens is 148 g/mol. The molecule has 2 nitrogen and oxygen atoms in total. The summed E-state index contributed by atoms with van der Waals surface area (Å²) in [6.45, 7) is 2.42. The summed E-state index contributed by atoms with van der Waals surface area (Å²) >= 11 is 0. The first kappa shape index (κ1) is 10.2. The van der Waals surface area contributed by atoms with Crippen molar-refractivity contribution < 1.29 is 0 Å². The smallest absolute Gasteiger partial charge is 0.0195 e. The van der Waals surface area contributed by atoms with Crippen molar-refractivity contribution in [3.05, 3.63) is 0 Å². The molecule has 1 heterocycles. The highest BCUT2D eigenvalue weighted by atomic mass is 35.5. The van der Waals surface area contributed by atoms with Crippen molar-refractivity contribution in [3.8, 4) is 0 Å². The molecule has 1 saturated heterocycles. The summed E-state index contributed by atoms with van der Waals surface area (Å²) in [6, 6.07) is 0.764. The number of hydrogen-bond donors (Lipinski definition) is 1. The van der Waals surface area contributed by atoms with Crippen LogP contribution in [0, 0.1) is 0 Å². The predicted octanol–water partition coefficient (Wildman–Crippen LogP) is 0.722. The van der Waals surface area contributed by atoms with Gasteiger partial charge in [0.25, 0.3) is 0 Å². The van der Waals surface area contributed by atoms with Gasteiger partial charge in [-0.15, -0.1) is 12.4 Å². The van der Waals surface area contributed by atoms with Gasteiger partial charge in [-0.2, -0.15) is 0 Å². The van der Waals surface area contributed by atoms with E-state index in [2.05, 4.69) is 24.3 Å². The molecule has 0 aromatic heterocycles. The zero-order chi connectivity index (χ0) is 6.69. The van der Waals surface area contributed by atoms with Gasteiger partial charge in [0.2, 0.25) is 0 Å². The predicted molar refractivity (Wildman–Crippen MR) is 46.8 cm³/mol. The van der Waals surface area contributed by atoms with E-state index in [-0.39, 0.29) is 12.4 Å². The molecule has 0 amide bonds. The number of likely N-dealkylation sites (N-methyl/N-ethyl adjacent to an activating group) is 1. The van der Waals surface area contributed by atoms with Gasteiger partial charge in [0.1, 0.15) is 0 Å². The fourth-order valence-electron chi connectivity index (χ4n) is 1.35. The summed E-state index contributed by atoms with van der Waals surface area (Å²) < 4.78 is 0. The Hall–Kier alpha value is 0.210. The van der Waals surface area contributed by atoms with Crippen LogP contribution in [-0.4, -0.2) is 38.1 Å². The molecule has 62 valence electrons. The highest BCUT2D eigenvalue weighted by Crippen LogP contribution is 2.04. The van der Waals surface area contributed by atoms with Crippen LogP contribution >= 0.6 is 12.4 Å². The minimum atomic E-state index is 0. The molecule has 0 bridgehead atoms. The van der Waals surface area contributed by atoms with Gasteiger partial charge in [-0.25, -0.2) is 0 Å². The maximum Gasteiger partial charge on any atom is 0.0195 e. The van der Waals surface area contributed by atoms with E-state index in [4.69, 9.17) is 0 Å². The lowest BCUT2D eigenvalue weighted by atomic mass is 10.2. The van der Waals surface area contributed by atoms with E-state index < -0.39 is 0 Å². The summed E-state index contributed by atoms with van der Waals surface area (Å²) in [6.07, 6.45) is 2.72. The number of nitrogens with zero attached hydrogens (tertiary/aromatic N) is 1. The average molecular weight is 165 g/mol. The van der Waals surface area contributed by atoms with E-state index >= 15 is 0 Å². The Morgan fingerprint density at radius 3 is 2.60 bits per heavy atom. The van der Waals surface area contributed by atoms with Crippen molar-refractivity contribution in [2.75, 3.05) is 27.2 Å². The summed E-state index contributed by atoms with van der Waals surface area (Å²) in [4.78, 5) is 2.24. The van der Waals surface area contributed by atoms with E-state index in [0.717, 1.165) is 6.04 Å². The summed E-state index contributed by atoms with van der Waals surface area (Å²) in [5.41, 5.74) is 0. The molecule has 1 atom stereocenters. The molecule has 0 aliphatic carbocycles. The third kappa shape index (κ3) is 3.40. The molecule has 10 heavy (non-hydrogen) atoms. The molecule has 0 unspecified atom stereocenters. The Morgan fingerprint density at radius 1 is 1.50 bits per heavy atom. The van der Waals surface area contributed by atoms with E-state index in [1.807, 2.05) is 0 Å². The molecular formula is C7H17ClN2. The maximum atomic E-state index is 3.45. The second kappa shape index (κ2) is 4.94. The van der Waals surface area contributed by atoms with Gasteiger partial charge in [-0.1, -0.05) is 0 Å². The fourth-order valence-corrected chi connectivity index (χ4v) is 1.35. The number of halogens is 1. The van der Waals surface area contributed by atoms with Crippen molar-refractivity contribution in [1.29, 1.82) is 0 Å². The Bertz CT molecular complexity index is 79.7. The zero-order valence-electron chi connectivity index (χ0n) is 6.76. The second-order valence-corrected chi connectivity index (χ2v) is 3.06. The van der Waals surface area contributed by atoms with E-state index in [0.29, 0.717) is 0 Å². The standard InChI is InChI=1S/C7H16N2.ClH/c1-9(2)6-7-4-3-5-8-7;/h7-8H,3-6H2,1-2H3;1H/t7-;/m0./s1. The second-order valence-electron chi connectivity index (χ2n) is 3.06. The Kier molecular flexibility index (Phi) is 5.04. The van der Waals surface area contributed by atoms with Crippen LogP contribution in [-0.2, 0) is 0 Å². The minimum absolute atomic E-state index is 0. The topological polar surface area (TPSA) is 15.3 Å². The first-order valence-corrected chi connectivity index (χ1v) is 3.67.